The zero-order valence-corrected chi connectivity index (χ0v) is 14.9. The van der Waals surface area contributed by atoms with Gasteiger partial charge in [0.2, 0.25) is 0 Å². The molecule has 0 aliphatic carbocycles. The Hall–Kier alpha value is -2.91. The van der Waals surface area contributed by atoms with E-state index in [1.54, 1.807) is 0 Å². The van der Waals surface area contributed by atoms with Gasteiger partial charge < -0.3 is 15.1 Å². The van der Waals surface area contributed by atoms with Gasteiger partial charge >= 0.3 is 0 Å². The average Bonchev–Trinajstić information content (AvgIpc) is 2.62. The fraction of sp³-hybridized carbons (Fsp3) is 0.158. The Kier molecular flexibility index (Phi) is 4.68. The Morgan fingerprint density at radius 2 is 1.76 bits per heavy atom. The highest BCUT2D eigenvalue weighted by atomic mass is 32.1. The molecule has 1 heterocycles. The largest absolute Gasteiger partial charge is 0.378 e. The summed E-state index contributed by atoms with van der Waals surface area (Å²) in [5, 5.41) is 12.6. The van der Waals surface area contributed by atoms with E-state index in [2.05, 4.69) is 17.9 Å². The first kappa shape index (κ1) is 16.9. The van der Waals surface area contributed by atoms with Gasteiger partial charge in [0.1, 0.15) is 17.8 Å². The lowest BCUT2D eigenvalue weighted by Crippen LogP contribution is -2.46. The van der Waals surface area contributed by atoms with E-state index >= 15 is 0 Å². The Bertz CT molecular complexity index is 853. The van der Waals surface area contributed by atoms with E-state index in [0.29, 0.717) is 5.03 Å². The molecule has 3 rings (SSSR count). The van der Waals surface area contributed by atoms with E-state index in [1.807, 2.05) is 84.6 Å². The van der Waals surface area contributed by atoms with E-state index in [9.17, 15) is 10.1 Å². The van der Waals surface area contributed by atoms with Gasteiger partial charge in [-0.2, -0.15) is 5.26 Å². The quantitative estimate of drug-likeness (QED) is 0.836. The molecule has 1 aliphatic rings. The first-order valence-corrected chi connectivity index (χ1v) is 8.23. The van der Waals surface area contributed by atoms with Crippen LogP contribution in [0.2, 0.25) is 0 Å². The molecule has 25 heavy (non-hydrogen) atoms. The van der Waals surface area contributed by atoms with Crippen LogP contribution in [0.4, 0.5) is 11.4 Å². The molecule has 1 unspecified atom stereocenters. The summed E-state index contributed by atoms with van der Waals surface area (Å²) in [6, 6.07) is 19.4. The Morgan fingerprint density at radius 3 is 2.32 bits per heavy atom. The third-order valence-corrected chi connectivity index (χ3v) is 4.52. The van der Waals surface area contributed by atoms with Gasteiger partial charge in [-0.3, -0.25) is 4.79 Å². The molecule has 0 saturated carbocycles. The SMILES string of the molecule is CN(C)c1ccc(C2NC(=O)C(C#N)=C(S)N2c2ccccc2)cc1. The predicted octanol–water partition coefficient (Wildman–Crippen LogP) is 3.05. The Morgan fingerprint density at radius 1 is 1.12 bits per heavy atom. The highest BCUT2D eigenvalue weighted by molar-refractivity contribution is 7.84. The number of hydrogen-bond donors (Lipinski definition) is 2. The van der Waals surface area contributed by atoms with Gasteiger partial charge in [0.15, 0.2) is 0 Å². The molecule has 1 aliphatic heterocycles. The van der Waals surface area contributed by atoms with E-state index < -0.39 is 12.1 Å². The molecule has 0 bridgehead atoms. The summed E-state index contributed by atoms with van der Waals surface area (Å²) in [5.41, 5.74) is 2.83. The molecule has 2 aromatic rings. The summed E-state index contributed by atoms with van der Waals surface area (Å²) in [5.74, 6) is -0.415. The summed E-state index contributed by atoms with van der Waals surface area (Å²) in [6.45, 7) is 0. The number of benzene rings is 2. The van der Waals surface area contributed by atoms with Crippen molar-refractivity contribution in [3.63, 3.8) is 0 Å². The van der Waals surface area contributed by atoms with Crippen molar-refractivity contribution in [2.45, 2.75) is 6.17 Å². The number of nitriles is 1. The second-order valence-corrected chi connectivity index (χ2v) is 6.30. The molecule has 0 aromatic heterocycles. The summed E-state index contributed by atoms with van der Waals surface area (Å²) in [4.78, 5) is 16.2. The van der Waals surface area contributed by atoms with Crippen LogP contribution < -0.4 is 15.1 Å². The molecule has 0 saturated heterocycles. The van der Waals surface area contributed by atoms with Crippen LogP contribution in [-0.2, 0) is 4.79 Å². The second kappa shape index (κ2) is 6.91. The predicted molar refractivity (Wildman–Crippen MR) is 102 cm³/mol. The molecule has 0 spiro atoms. The van der Waals surface area contributed by atoms with Crippen LogP contribution in [0.25, 0.3) is 0 Å². The zero-order valence-electron chi connectivity index (χ0n) is 14.0. The topological polar surface area (TPSA) is 59.4 Å². The smallest absolute Gasteiger partial charge is 0.266 e. The molecule has 1 atom stereocenters. The highest BCUT2D eigenvalue weighted by Gasteiger charge is 2.33. The lowest BCUT2D eigenvalue weighted by Gasteiger charge is -2.38. The fourth-order valence-electron chi connectivity index (χ4n) is 2.75. The van der Waals surface area contributed by atoms with E-state index in [0.717, 1.165) is 16.9 Å². The monoisotopic (exact) mass is 350 g/mol. The standard InChI is InChI=1S/C19H18N4OS/c1-22(2)14-10-8-13(9-11-14)17-21-18(24)16(12-20)19(25)23(17)15-6-4-3-5-7-15/h3-11,17,25H,1-2H3,(H,21,24). The number of rotatable bonds is 3. The van der Waals surface area contributed by atoms with Crippen molar-refractivity contribution in [2.24, 2.45) is 0 Å². The Balaban J connectivity index is 2.09. The Labute approximate surface area is 152 Å². The van der Waals surface area contributed by atoms with Crippen LogP contribution in [0.15, 0.2) is 65.2 Å². The number of nitrogens with one attached hydrogen (secondary N) is 1. The molecule has 0 fully saturated rings. The number of anilines is 2. The molecular weight excluding hydrogens is 332 g/mol. The van der Waals surface area contributed by atoms with Crippen molar-refractivity contribution in [1.82, 2.24) is 5.32 Å². The van der Waals surface area contributed by atoms with Gasteiger partial charge in [0, 0.05) is 25.5 Å². The second-order valence-electron chi connectivity index (χ2n) is 5.88. The first-order chi connectivity index (χ1) is 12.0. The zero-order chi connectivity index (χ0) is 18.0. The van der Waals surface area contributed by atoms with Crippen molar-refractivity contribution >= 4 is 29.9 Å². The molecule has 2 aromatic carbocycles. The van der Waals surface area contributed by atoms with Crippen LogP contribution in [0, 0.1) is 11.3 Å². The number of amides is 1. The van der Waals surface area contributed by atoms with Crippen LogP contribution in [0.5, 0.6) is 0 Å². The maximum absolute atomic E-state index is 12.3. The molecule has 0 radical (unpaired) electrons. The maximum atomic E-state index is 12.3. The number of hydrogen-bond acceptors (Lipinski definition) is 5. The highest BCUT2D eigenvalue weighted by Crippen LogP contribution is 2.35. The summed E-state index contributed by atoms with van der Waals surface area (Å²) in [6.07, 6.45) is -0.435. The number of carbonyl (C=O) groups is 1. The molecular formula is C19H18N4OS. The fourth-order valence-corrected chi connectivity index (χ4v) is 3.14. The average molecular weight is 350 g/mol. The van der Waals surface area contributed by atoms with Crippen molar-refractivity contribution in [3.05, 3.63) is 70.8 Å². The molecule has 1 amide bonds. The van der Waals surface area contributed by atoms with Crippen LogP contribution in [0.3, 0.4) is 0 Å². The van der Waals surface area contributed by atoms with Gasteiger partial charge in [-0.05, 0) is 29.8 Å². The first-order valence-electron chi connectivity index (χ1n) is 7.78. The maximum Gasteiger partial charge on any atom is 0.266 e. The minimum Gasteiger partial charge on any atom is -0.378 e. The van der Waals surface area contributed by atoms with Crippen molar-refractivity contribution < 1.29 is 4.79 Å². The number of carbonyl (C=O) groups excluding carboxylic acids is 1. The number of para-hydroxylation sites is 1. The van der Waals surface area contributed by atoms with Crippen molar-refractivity contribution in [1.29, 1.82) is 5.26 Å². The lowest BCUT2D eigenvalue weighted by molar-refractivity contribution is -0.118. The summed E-state index contributed by atoms with van der Waals surface area (Å²) in [7, 11) is 3.95. The van der Waals surface area contributed by atoms with Crippen molar-refractivity contribution in [2.75, 3.05) is 23.9 Å². The van der Waals surface area contributed by atoms with E-state index in [4.69, 9.17) is 0 Å². The van der Waals surface area contributed by atoms with Crippen LogP contribution in [-0.4, -0.2) is 20.0 Å². The van der Waals surface area contributed by atoms with Crippen molar-refractivity contribution in [3.8, 4) is 6.07 Å². The van der Waals surface area contributed by atoms with Gasteiger partial charge in [-0.15, -0.1) is 12.6 Å². The molecule has 126 valence electrons. The van der Waals surface area contributed by atoms with Crippen LogP contribution in [0.1, 0.15) is 11.7 Å². The van der Waals surface area contributed by atoms with Gasteiger partial charge in [-0.1, -0.05) is 30.3 Å². The minimum atomic E-state index is -0.435. The minimum absolute atomic E-state index is 0.00773. The molecule has 6 heteroatoms. The van der Waals surface area contributed by atoms with E-state index in [1.165, 1.54) is 0 Å². The van der Waals surface area contributed by atoms with Crippen LogP contribution >= 0.6 is 12.6 Å². The summed E-state index contributed by atoms with van der Waals surface area (Å²) >= 11 is 4.48. The van der Waals surface area contributed by atoms with Gasteiger partial charge in [-0.25, -0.2) is 0 Å². The molecule has 1 N–H and O–H groups in total. The van der Waals surface area contributed by atoms with Gasteiger partial charge in [0.25, 0.3) is 5.91 Å². The third-order valence-electron chi connectivity index (χ3n) is 4.08. The number of nitrogens with zero attached hydrogens (tertiary/aromatic N) is 3. The lowest BCUT2D eigenvalue weighted by atomic mass is 10.1. The molecule has 5 nitrogen and oxygen atoms in total. The normalized spacial score (nSPS) is 17.1. The number of thiol groups is 1. The van der Waals surface area contributed by atoms with Gasteiger partial charge in [0.05, 0.1) is 5.03 Å². The van der Waals surface area contributed by atoms with E-state index in [-0.39, 0.29) is 5.57 Å². The summed E-state index contributed by atoms with van der Waals surface area (Å²) < 4.78 is 0. The third kappa shape index (κ3) is 3.19.